The van der Waals surface area contributed by atoms with Gasteiger partial charge in [0.05, 0.1) is 15.8 Å². The number of methoxy groups -OCH3 is 1. The van der Waals surface area contributed by atoms with E-state index in [1.807, 2.05) is 6.07 Å². The van der Waals surface area contributed by atoms with E-state index < -0.39 is 5.97 Å². The number of hydrogen-bond acceptors (Lipinski definition) is 5. The molecule has 0 radical (unpaired) electrons. The van der Waals surface area contributed by atoms with Gasteiger partial charge >= 0.3 is 5.97 Å². The smallest absolute Gasteiger partial charge is 0.342 e. The molecule has 0 aromatic carbocycles. The van der Waals surface area contributed by atoms with Crippen LogP contribution in [0.25, 0.3) is 10.7 Å². The summed E-state index contributed by atoms with van der Waals surface area (Å²) in [4.78, 5) is 19.9. The molecule has 1 N–H and O–H groups in total. The van der Waals surface area contributed by atoms with Crippen molar-refractivity contribution in [2.75, 3.05) is 7.11 Å². The minimum Gasteiger partial charge on any atom is -0.465 e. The third kappa shape index (κ3) is 2.96. The Kier molecular flexibility index (Phi) is 4.54. The molecule has 100 valence electrons. The van der Waals surface area contributed by atoms with Crippen molar-refractivity contribution in [1.29, 1.82) is 0 Å². The Balaban J connectivity index is 2.57. The maximum Gasteiger partial charge on any atom is 0.342 e. The fourth-order valence-electron chi connectivity index (χ4n) is 1.51. The second-order valence-corrected chi connectivity index (χ2v) is 7.23. The van der Waals surface area contributed by atoms with Crippen molar-refractivity contribution in [2.45, 2.75) is 6.92 Å². The molecule has 2 rings (SSSR count). The molecule has 4 nitrogen and oxygen atoms in total. The zero-order valence-corrected chi connectivity index (χ0v) is 14.7. The summed E-state index contributed by atoms with van der Waals surface area (Å²) >= 11 is 13.5. The zero-order chi connectivity index (χ0) is 14.2. The summed E-state index contributed by atoms with van der Waals surface area (Å²) in [6.07, 6.45) is 0. The van der Waals surface area contributed by atoms with Gasteiger partial charge in [-0.25, -0.2) is 9.78 Å². The Morgan fingerprint density at radius 1 is 1.53 bits per heavy atom. The first-order valence-electron chi connectivity index (χ1n) is 5.08. The number of aromatic nitrogens is 2. The quantitative estimate of drug-likeness (QED) is 0.571. The largest absolute Gasteiger partial charge is 0.465 e. The fourth-order valence-corrected chi connectivity index (χ4v) is 3.82. The molecule has 0 spiro atoms. The number of aryl methyl sites for hydroxylation is 1. The van der Waals surface area contributed by atoms with Gasteiger partial charge in [-0.3, -0.25) is 0 Å². The Morgan fingerprint density at radius 3 is 2.68 bits per heavy atom. The molecule has 0 atom stereocenters. The Hall–Kier alpha value is -0.570. The lowest BCUT2D eigenvalue weighted by molar-refractivity contribution is 0.0598. The van der Waals surface area contributed by atoms with Gasteiger partial charge in [-0.15, -0.1) is 11.3 Å². The van der Waals surface area contributed by atoms with Crippen molar-refractivity contribution in [1.82, 2.24) is 9.97 Å². The molecule has 0 aliphatic heterocycles. The highest BCUT2D eigenvalue weighted by Crippen LogP contribution is 2.37. The van der Waals surface area contributed by atoms with Crippen molar-refractivity contribution in [2.24, 2.45) is 0 Å². The van der Waals surface area contributed by atoms with Crippen LogP contribution in [0.1, 0.15) is 16.1 Å². The van der Waals surface area contributed by atoms with E-state index in [1.54, 1.807) is 6.92 Å². The summed E-state index contributed by atoms with van der Waals surface area (Å²) in [5.41, 5.74) is 0.943. The monoisotopic (exact) mass is 422 g/mol. The third-order valence-corrected chi connectivity index (χ3v) is 5.93. The van der Waals surface area contributed by atoms with Crippen LogP contribution < -0.4 is 0 Å². The Morgan fingerprint density at radius 2 is 2.21 bits per heavy atom. The molecule has 8 heteroatoms. The van der Waals surface area contributed by atoms with Crippen molar-refractivity contribution in [3.05, 3.63) is 30.2 Å². The number of esters is 1. The van der Waals surface area contributed by atoms with Gasteiger partial charge in [0.15, 0.2) is 0 Å². The molecule has 0 aliphatic carbocycles. The lowest BCUT2D eigenvalue weighted by Gasteiger charge is -2.06. The topological polar surface area (TPSA) is 55.0 Å². The lowest BCUT2D eigenvalue weighted by atomic mass is 10.2. The number of carbonyl (C=O) groups excluding carboxylic acids is 1. The number of carbonyl (C=O) groups is 1. The molecule has 0 unspecified atom stereocenters. The molecule has 0 fully saturated rings. The fraction of sp³-hybridized carbons (Fsp3) is 0.182. The number of nitrogens with zero attached hydrogens (tertiary/aromatic N) is 1. The van der Waals surface area contributed by atoms with E-state index in [1.165, 1.54) is 18.4 Å². The van der Waals surface area contributed by atoms with Gasteiger partial charge in [0.25, 0.3) is 0 Å². The number of hydrogen-bond donors (Lipinski definition) is 1. The molecular weight excluding hydrogens is 416 g/mol. The van der Waals surface area contributed by atoms with E-state index in [0.29, 0.717) is 17.1 Å². The van der Waals surface area contributed by atoms with Crippen LogP contribution in [-0.4, -0.2) is 23.0 Å². The van der Waals surface area contributed by atoms with Crippen LogP contribution in [0.3, 0.4) is 0 Å². The molecule has 0 amide bonds. The first-order chi connectivity index (χ1) is 8.93. The summed E-state index contributed by atoms with van der Waals surface area (Å²) in [6.45, 7) is 1.77. The van der Waals surface area contributed by atoms with Crippen LogP contribution in [0.2, 0.25) is 0 Å². The Labute approximate surface area is 135 Å². The van der Waals surface area contributed by atoms with Gasteiger partial charge in [0.1, 0.15) is 16.0 Å². The van der Waals surface area contributed by atoms with E-state index in [2.05, 4.69) is 46.6 Å². The maximum absolute atomic E-state index is 11.6. The second-order valence-electron chi connectivity index (χ2n) is 3.61. The van der Waals surface area contributed by atoms with E-state index in [-0.39, 0.29) is 4.64 Å². The number of nitrogens with one attached hydrogen (secondary N) is 1. The van der Waals surface area contributed by atoms with Crippen LogP contribution in [0.15, 0.2) is 14.3 Å². The number of ether oxygens (including phenoxy) is 1. The number of halogens is 2. The van der Waals surface area contributed by atoms with Crippen molar-refractivity contribution in [3.63, 3.8) is 0 Å². The first kappa shape index (κ1) is 14.8. The normalized spacial score (nSPS) is 10.5. The molecule has 2 aromatic heterocycles. The molecule has 0 aliphatic rings. The highest BCUT2D eigenvalue weighted by Gasteiger charge is 2.16. The summed E-state index contributed by atoms with van der Waals surface area (Å²) < 4.78 is 6.84. The number of rotatable bonds is 2. The van der Waals surface area contributed by atoms with Crippen LogP contribution in [-0.2, 0) is 4.74 Å². The molecule has 2 heterocycles. The summed E-state index contributed by atoms with van der Waals surface area (Å²) in [7, 11) is 1.32. The molecule has 0 saturated heterocycles. The molecule has 0 bridgehead atoms. The highest BCUT2D eigenvalue weighted by molar-refractivity contribution is 9.13. The highest BCUT2D eigenvalue weighted by atomic mass is 79.9. The van der Waals surface area contributed by atoms with Gasteiger partial charge in [0.2, 0.25) is 0 Å². The molecule has 0 saturated carbocycles. The summed E-state index contributed by atoms with van der Waals surface area (Å²) in [5, 5.41) is 0. The van der Waals surface area contributed by atoms with E-state index >= 15 is 0 Å². The zero-order valence-electron chi connectivity index (χ0n) is 9.91. The van der Waals surface area contributed by atoms with Crippen LogP contribution in [0.4, 0.5) is 0 Å². The minimum absolute atomic E-state index is 0.235. The van der Waals surface area contributed by atoms with Crippen LogP contribution in [0.5, 0.6) is 0 Å². The first-order valence-corrected chi connectivity index (χ1v) is 7.89. The van der Waals surface area contributed by atoms with Gasteiger partial charge in [-0.1, -0.05) is 12.2 Å². The molecular formula is C11H8Br2N2O2S2. The molecule has 2 aromatic rings. The average Bonchev–Trinajstić information content (AvgIpc) is 2.68. The van der Waals surface area contributed by atoms with E-state index in [4.69, 9.17) is 12.2 Å². The standard InChI is InChI=1S/C11H8Br2N2O2S2/c1-4-7(11(16)17-2)10(18)15-9(14-4)6-3-5(12)8(13)19-6/h3H,1-2H3,(H,14,15,18). The summed E-state index contributed by atoms with van der Waals surface area (Å²) in [6, 6.07) is 1.93. The van der Waals surface area contributed by atoms with Crippen molar-refractivity contribution < 1.29 is 9.53 Å². The Bertz CT molecular complexity index is 690. The average molecular weight is 424 g/mol. The number of H-pyrrole nitrogens is 1. The predicted molar refractivity (Wildman–Crippen MR) is 84.2 cm³/mol. The van der Waals surface area contributed by atoms with Crippen LogP contribution >= 0.6 is 55.4 Å². The number of aromatic amines is 1. The van der Waals surface area contributed by atoms with E-state index in [9.17, 15) is 4.79 Å². The van der Waals surface area contributed by atoms with E-state index in [0.717, 1.165) is 13.1 Å². The lowest BCUT2D eigenvalue weighted by Crippen LogP contribution is -2.08. The van der Waals surface area contributed by atoms with Gasteiger partial charge in [-0.2, -0.15) is 0 Å². The third-order valence-electron chi connectivity index (χ3n) is 2.38. The minimum atomic E-state index is -0.480. The predicted octanol–water partition coefficient (Wildman–Crippen LogP) is 4.49. The van der Waals surface area contributed by atoms with Gasteiger partial charge in [0, 0.05) is 10.2 Å². The SMILES string of the molecule is COC(=O)c1c(C)[nH]c(-c2cc(Br)c(Br)s2)nc1=S. The number of thiophene rings is 1. The second kappa shape index (κ2) is 5.82. The maximum atomic E-state index is 11.6. The summed E-state index contributed by atoms with van der Waals surface area (Å²) in [5.74, 6) is 0.151. The van der Waals surface area contributed by atoms with Gasteiger partial charge < -0.3 is 9.72 Å². The van der Waals surface area contributed by atoms with Crippen molar-refractivity contribution in [3.8, 4) is 10.7 Å². The molecule has 19 heavy (non-hydrogen) atoms. The van der Waals surface area contributed by atoms with Gasteiger partial charge in [-0.05, 0) is 44.8 Å². The van der Waals surface area contributed by atoms with Crippen molar-refractivity contribution >= 4 is 61.4 Å². The van der Waals surface area contributed by atoms with Crippen LogP contribution in [0, 0.1) is 11.6 Å².